The fourth-order valence-corrected chi connectivity index (χ4v) is 4.43. The van der Waals surface area contributed by atoms with E-state index in [4.69, 9.17) is 4.74 Å². The van der Waals surface area contributed by atoms with Gasteiger partial charge in [0, 0.05) is 67.3 Å². The van der Waals surface area contributed by atoms with Crippen molar-refractivity contribution in [1.29, 1.82) is 0 Å². The monoisotopic (exact) mass is 567 g/mol. The molecule has 0 aliphatic carbocycles. The van der Waals surface area contributed by atoms with E-state index in [1.807, 2.05) is 39.2 Å². The molecule has 41 heavy (non-hydrogen) atoms. The summed E-state index contributed by atoms with van der Waals surface area (Å²) in [4.78, 5) is 28.3. The lowest BCUT2D eigenvalue weighted by Crippen LogP contribution is -2.50. The van der Waals surface area contributed by atoms with Crippen molar-refractivity contribution in [3.05, 3.63) is 90.1 Å². The van der Waals surface area contributed by atoms with E-state index in [1.165, 1.54) is 17.8 Å². The van der Waals surface area contributed by atoms with Gasteiger partial charge in [-0.05, 0) is 58.2 Å². The summed E-state index contributed by atoms with van der Waals surface area (Å²) in [6.45, 7) is 15.9. The first-order valence-electron chi connectivity index (χ1n) is 13.9. The summed E-state index contributed by atoms with van der Waals surface area (Å²) in [6, 6.07) is 6.66. The predicted octanol–water partition coefficient (Wildman–Crippen LogP) is 7.04. The van der Waals surface area contributed by atoms with Gasteiger partial charge in [-0.1, -0.05) is 44.2 Å². The number of carbonyl (C=O) groups is 1. The third-order valence-electron chi connectivity index (χ3n) is 6.58. The number of carbonyl (C=O) groups excluding carboxylic acids is 1. The van der Waals surface area contributed by atoms with Crippen molar-refractivity contribution in [2.24, 2.45) is 4.99 Å². The molecule has 1 aromatic carbocycles. The molecule has 2 heterocycles. The number of alkyl halides is 1. The summed E-state index contributed by atoms with van der Waals surface area (Å²) in [5.74, 6) is -0.305. The first-order valence-corrected chi connectivity index (χ1v) is 13.9. The number of amides is 1. The zero-order valence-corrected chi connectivity index (χ0v) is 25.2. The number of benzene rings is 1. The number of aromatic nitrogens is 2. The Labute approximate surface area is 243 Å². The first kappa shape index (κ1) is 33.3. The van der Waals surface area contributed by atoms with E-state index in [1.54, 1.807) is 43.3 Å². The van der Waals surface area contributed by atoms with Crippen LogP contribution < -0.4 is 0 Å². The van der Waals surface area contributed by atoms with Gasteiger partial charge in [0.2, 0.25) is 0 Å². The topological polar surface area (TPSA) is 70.9 Å². The number of hydrogen-bond donors (Lipinski definition) is 0. The summed E-state index contributed by atoms with van der Waals surface area (Å²) in [7, 11) is 0. The third-order valence-corrected chi connectivity index (χ3v) is 6.58. The van der Waals surface area contributed by atoms with Crippen molar-refractivity contribution in [3.63, 3.8) is 0 Å². The van der Waals surface area contributed by atoms with Crippen LogP contribution in [0.3, 0.4) is 0 Å². The molecule has 0 N–H and O–H groups in total. The van der Waals surface area contributed by atoms with E-state index in [9.17, 15) is 13.6 Å². The molecule has 0 atom stereocenters. The van der Waals surface area contributed by atoms with Gasteiger partial charge in [-0.3, -0.25) is 4.99 Å². The van der Waals surface area contributed by atoms with Crippen molar-refractivity contribution in [2.75, 3.05) is 32.9 Å². The molecule has 1 fully saturated rings. The molecule has 1 aliphatic rings. The Morgan fingerprint density at radius 3 is 2.27 bits per heavy atom. The second kappa shape index (κ2) is 16.4. The number of piperazine rings is 1. The van der Waals surface area contributed by atoms with Gasteiger partial charge in [-0.2, -0.15) is 0 Å². The van der Waals surface area contributed by atoms with Gasteiger partial charge in [0.15, 0.2) is 0 Å². The number of rotatable bonds is 9. The van der Waals surface area contributed by atoms with Crippen LogP contribution in [0.15, 0.2) is 78.1 Å². The molecule has 222 valence electrons. The largest absolute Gasteiger partial charge is 0.441 e. The lowest BCUT2D eigenvalue weighted by atomic mass is 9.92. The molecule has 1 saturated heterocycles. The Kier molecular flexibility index (Phi) is 13.3. The maximum atomic E-state index is 14.6. The van der Waals surface area contributed by atoms with E-state index < -0.39 is 18.4 Å². The summed E-state index contributed by atoms with van der Waals surface area (Å²) in [6.07, 6.45) is 10.4. The maximum absolute atomic E-state index is 14.6. The minimum absolute atomic E-state index is 0.305. The van der Waals surface area contributed by atoms with Gasteiger partial charge in [0.05, 0.1) is 0 Å². The molecule has 9 heteroatoms. The molecule has 1 amide bonds. The quantitative estimate of drug-likeness (QED) is 0.240. The van der Waals surface area contributed by atoms with E-state index >= 15 is 0 Å². The van der Waals surface area contributed by atoms with Gasteiger partial charge in [-0.25, -0.2) is 23.5 Å². The highest BCUT2D eigenvalue weighted by Crippen LogP contribution is 2.31. The molecule has 1 aliphatic heterocycles. The average Bonchev–Trinajstić information content (AvgIpc) is 2.97. The summed E-state index contributed by atoms with van der Waals surface area (Å²) in [5, 5.41) is 0. The second-order valence-corrected chi connectivity index (χ2v) is 10.3. The van der Waals surface area contributed by atoms with Crippen molar-refractivity contribution in [1.82, 2.24) is 19.8 Å². The van der Waals surface area contributed by atoms with Crippen LogP contribution in [0.4, 0.5) is 13.6 Å². The summed E-state index contributed by atoms with van der Waals surface area (Å²) < 4.78 is 32.9. The van der Waals surface area contributed by atoms with Gasteiger partial charge in [0.1, 0.15) is 24.4 Å². The first-order chi connectivity index (χ1) is 19.6. The summed E-state index contributed by atoms with van der Waals surface area (Å²) >= 11 is 0. The smallest absolute Gasteiger partial charge is 0.410 e. The molecule has 0 bridgehead atoms. The average molecular weight is 568 g/mol. The fourth-order valence-electron chi connectivity index (χ4n) is 4.43. The molecular formula is C32H43F2N5O2. The van der Waals surface area contributed by atoms with Crippen LogP contribution in [0.2, 0.25) is 0 Å². The van der Waals surface area contributed by atoms with E-state index in [0.29, 0.717) is 31.7 Å². The number of nitrogens with zero attached hydrogens (tertiary/aromatic N) is 5. The van der Waals surface area contributed by atoms with Crippen LogP contribution in [-0.4, -0.2) is 70.0 Å². The molecule has 0 radical (unpaired) electrons. The van der Waals surface area contributed by atoms with Crippen LogP contribution >= 0.6 is 0 Å². The Morgan fingerprint density at radius 1 is 1.12 bits per heavy atom. The van der Waals surface area contributed by atoms with E-state index in [-0.39, 0.29) is 5.82 Å². The van der Waals surface area contributed by atoms with Crippen LogP contribution in [0.25, 0.3) is 5.57 Å². The van der Waals surface area contributed by atoms with Gasteiger partial charge < -0.3 is 14.5 Å². The van der Waals surface area contributed by atoms with Crippen LogP contribution in [0, 0.1) is 5.82 Å². The minimum Gasteiger partial charge on any atom is -0.441 e. The van der Waals surface area contributed by atoms with Gasteiger partial charge in [0.25, 0.3) is 0 Å². The third kappa shape index (κ3) is 9.92. The number of halogens is 2. The fraction of sp³-hybridized carbons (Fsp3) is 0.438. The molecule has 0 spiro atoms. The molecule has 1 aromatic heterocycles. The van der Waals surface area contributed by atoms with Crippen molar-refractivity contribution in [3.8, 4) is 0 Å². The SMILES string of the molecule is C=CN=C(C)C(/C(=C\C)c1ccccc1F)=C(\C)N1CCN(C(=O)OC(C)(C)CF)CC1.CCCc1cncnc1. The summed E-state index contributed by atoms with van der Waals surface area (Å²) in [5.41, 5.74) is 3.80. The predicted molar refractivity (Wildman–Crippen MR) is 162 cm³/mol. The second-order valence-electron chi connectivity index (χ2n) is 10.3. The number of ether oxygens (including phenoxy) is 1. The molecule has 0 saturated carbocycles. The number of aliphatic imine (C=N–C) groups is 1. The lowest BCUT2D eigenvalue weighted by molar-refractivity contribution is -0.00665. The number of hydrogen-bond acceptors (Lipinski definition) is 6. The molecule has 0 unspecified atom stereocenters. The zero-order valence-electron chi connectivity index (χ0n) is 25.2. The minimum atomic E-state index is -1.14. The highest BCUT2D eigenvalue weighted by atomic mass is 19.1. The Balaban J connectivity index is 0.000000553. The molecule has 2 aromatic rings. The number of allylic oxidation sites excluding steroid dienone is 4. The van der Waals surface area contributed by atoms with Crippen LogP contribution in [0.5, 0.6) is 0 Å². The molecule has 7 nitrogen and oxygen atoms in total. The Bertz CT molecular complexity index is 1230. The zero-order chi connectivity index (χ0) is 30.4. The van der Waals surface area contributed by atoms with Gasteiger partial charge >= 0.3 is 6.09 Å². The standard InChI is InChI=1S/C25H33F2N3O2.C7H10N2/c1-7-20(21-11-9-10-12-22(21)27)23(18(3)28-8-2)19(4)29-13-15-30(16-14-29)24(31)32-25(5,6)17-26;1-2-3-7-4-8-6-9-5-7/h7-12H,2,13-17H2,1,3-6H3;4-6H,2-3H2,1H3/b20-7-,23-19-,28-18?;. The molecule has 3 rings (SSSR count). The van der Waals surface area contributed by atoms with E-state index in [2.05, 4.69) is 33.4 Å². The highest BCUT2D eigenvalue weighted by Gasteiger charge is 2.29. The normalized spacial score (nSPS) is 15.0. The van der Waals surface area contributed by atoms with Crippen molar-refractivity contribution < 1.29 is 18.3 Å². The highest BCUT2D eigenvalue weighted by molar-refractivity contribution is 6.12. The van der Waals surface area contributed by atoms with Crippen LogP contribution in [-0.2, 0) is 11.2 Å². The lowest BCUT2D eigenvalue weighted by Gasteiger charge is -2.38. The Morgan fingerprint density at radius 2 is 1.73 bits per heavy atom. The van der Waals surface area contributed by atoms with Crippen molar-refractivity contribution in [2.45, 2.75) is 60.0 Å². The van der Waals surface area contributed by atoms with E-state index in [0.717, 1.165) is 35.4 Å². The number of aryl methyl sites for hydroxylation is 1. The Hall–Kier alpha value is -3.88. The van der Waals surface area contributed by atoms with Crippen LogP contribution in [0.1, 0.15) is 59.1 Å². The van der Waals surface area contributed by atoms with Crippen molar-refractivity contribution >= 4 is 17.4 Å². The molecular weight excluding hydrogens is 524 g/mol. The van der Waals surface area contributed by atoms with Gasteiger partial charge in [-0.15, -0.1) is 0 Å². The maximum Gasteiger partial charge on any atom is 0.410 e.